The number of rotatable bonds is 4. The molecule has 2 heteroatoms. The Bertz CT molecular complexity index is 303. The number of amides is 1. The second-order valence-corrected chi connectivity index (χ2v) is 4.50. The van der Waals surface area contributed by atoms with E-state index < -0.39 is 0 Å². The van der Waals surface area contributed by atoms with Crippen LogP contribution in [0.3, 0.4) is 0 Å². The molecule has 0 atom stereocenters. The van der Waals surface area contributed by atoms with Gasteiger partial charge < -0.3 is 4.90 Å². The maximum Gasteiger partial charge on any atom is 0.247 e. The zero-order chi connectivity index (χ0) is 12.3. The minimum atomic E-state index is 0.118. The molecule has 1 aliphatic heterocycles. The van der Waals surface area contributed by atoms with Gasteiger partial charge in [-0.3, -0.25) is 4.79 Å². The van der Waals surface area contributed by atoms with E-state index in [9.17, 15) is 4.79 Å². The summed E-state index contributed by atoms with van der Waals surface area (Å²) in [6.45, 7) is 4.00. The number of hydrogen-bond acceptors (Lipinski definition) is 1. The largest absolute Gasteiger partial charge is 0.339 e. The Morgan fingerprint density at radius 3 is 2.71 bits per heavy atom. The number of hydrogen-bond donors (Lipinski definition) is 0. The first kappa shape index (κ1) is 13.8. The number of piperidine rings is 1. The van der Waals surface area contributed by atoms with Crippen LogP contribution >= 0.6 is 0 Å². The van der Waals surface area contributed by atoms with Gasteiger partial charge in [-0.05, 0) is 31.8 Å². The van der Waals surface area contributed by atoms with E-state index in [1.165, 1.54) is 19.3 Å². The Kier molecular flexibility index (Phi) is 7.22. The molecule has 0 aromatic rings. The molecule has 0 saturated carbocycles. The molecule has 0 radical (unpaired) electrons. The summed E-state index contributed by atoms with van der Waals surface area (Å²) in [6.07, 6.45) is 11.4. The van der Waals surface area contributed by atoms with Crippen molar-refractivity contribution in [3.63, 3.8) is 0 Å². The van der Waals surface area contributed by atoms with Gasteiger partial charge in [-0.25, -0.2) is 0 Å². The van der Waals surface area contributed by atoms with Crippen LogP contribution in [-0.4, -0.2) is 23.9 Å². The molecule has 17 heavy (non-hydrogen) atoms. The molecule has 0 N–H and O–H groups in total. The molecule has 0 aromatic heterocycles. The van der Waals surface area contributed by atoms with Gasteiger partial charge in [-0.2, -0.15) is 0 Å². The minimum absolute atomic E-state index is 0.118. The highest BCUT2D eigenvalue weighted by Crippen LogP contribution is 2.08. The van der Waals surface area contributed by atoms with Crippen LogP contribution in [0.4, 0.5) is 0 Å². The monoisotopic (exact) mass is 233 g/mol. The van der Waals surface area contributed by atoms with Crippen molar-refractivity contribution in [1.29, 1.82) is 0 Å². The lowest BCUT2D eigenvalue weighted by Crippen LogP contribution is -2.34. The molecule has 1 fully saturated rings. The average molecular weight is 233 g/mol. The normalized spacial score (nSPS) is 15.7. The van der Waals surface area contributed by atoms with Gasteiger partial charge in [-0.1, -0.05) is 31.6 Å². The fourth-order valence-corrected chi connectivity index (χ4v) is 1.93. The minimum Gasteiger partial charge on any atom is -0.339 e. The highest BCUT2D eigenvalue weighted by Gasteiger charge is 2.13. The zero-order valence-corrected chi connectivity index (χ0v) is 10.9. The molecule has 0 spiro atoms. The summed E-state index contributed by atoms with van der Waals surface area (Å²) in [6, 6.07) is 0. The standard InChI is InChI=1S/C15H23NO/c1-2-3-4-5-6-7-9-12-15(17)16-13-10-8-11-14-16/h9,12H,2-5,8,10-11,13-14H2,1H3. The molecule has 2 nitrogen and oxygen atoms in total. The Labute approximate surface area is 105 Å². The third-order valence-corrected chi connectivity index (χ3v) is 2.98. The highest BCUT2D eigenvalue weighted by molar-refractivity contribution is 5.88. The zero-order valence-electron chi connectivity index (χ0n) is 10.9. The van der Waals surface area contributed by atoms with Crippen LogP contribution in [0.2, 0.25) is 0 Å². The first-order valence-corrected chi connectivity index (χ1v) is 6.78. The molecule has 0 unspecified atom stereocenters. The fourth-order valence-electron chi connectivity index (χ4n) is 1.93. The summed E-state index contributed by atoms with van der Waals surface area (Å²) in [5.74, 6) is 6.13. The summed E-state index contributed by atoms with van der Waals surface area (Å²) in [5, 5.41) is 0. The van der Waals surface area contributed by atoms with Gasteiger partial charge in [0.1, 0.15) is 0 Å². The SMILES string of the molecule is CCCCCC#CC=CC(=O)N1CCCCC1. The third-order valence-electron chi connectivity index (χ3n) is 2.98. The second kappa shape index (κ2) is 8.87. The molecule has 1 aliphatic rings. The summed E-state index contributed by atoms with van der Waals surface area (Å²) in [7, 11) is 0. The first-order valence-electron chi connectivity index (χ1n) is 6.78. The van der Waals surface area contributed by atoms with E-state index in [0.717, 1.165) is 38.8 Å². The maximum absolute atomic E-state index is 11.7. The second-order valence-electron chi connectivity index (χ2n) is 4.50. The van der Waals surface area contributed by atoms with E-state index in [-0.39, 0.29) is 5.91 Å². The number of nitrogens with zero attached hydrogens (tertiary/aromatic N) is 1. The van der Waals surface area contributed by atoms with Crippen LogP contribution < -0.4 is 0 Å². The Hall–Kier alpha value is -1.23. The number of allylic oxidation sites excluding steroid dienone is 1. The molecule has 0 bridgehead atoms. The summed E-state index contributed by atoms with van der Waals surface area (Å²) >= 11 is 0. The van der Waals surface area contributed by atoms with Crippen LogP contribution in [0.15, 0.2) is 12.2 Å². The summed E-state index contributed by atoms with van der Waals surface area (Å²) < 4.78 is 0. The van der Waals surface area contributed by atoms with Gasteiger partial charge in [0.05, 0.1) is 0 Å². The van der Waals surface area contributed by atoms with Crippen molar-refractivity contribution >= 4 is 5.91 Å². The van der Waals surface area contributed by atoms with Crippen LogP contribution in [0.1, 0.15) is 51.9 Å². The van der Waals surface area contributed by atoms with Crippen molar-refractivity contribution in [2.75, 3.05) is 13.1 Å². The lowest BCUT2D eigenvalue weighted by atomic mass is 10.1. The van der Waals surface area contributed by atoms with Crippen molar-refractivity contribution in [1.82, 2.24) is 4.90 Å². The number of unbranched alkanes of at least 4 members (excludes halogenated alkanes) is 3. The van der Waals surface area contributed by atoms with Gasteiger partial charge >= 0.3 is 0 Å². The van der Waals surface area contributed by atoms with Gasteiger partial charge in [0, 0.05) is 25.6 Å². The maximum atomic E-state index is 11.7. The fraction of sp³-hybridized carbons (Fsp3) is 0.667. The molecule has 1 rings (SSSR count). The highest BCUT2D eigenvalue weighted by atomic mass is 16.2. The van der Waals surface area contributed by atoms with E-state index in [4.69, 9.17) is 0 Å². The first-order chi connectivity index (χ1) is 8.34. The van der Waals surface area contributed by atoms with Crippen LogP contribution in [0.5, 0.6) is 0 Å². The smallest absolute Gasteiger partial charge is 0.247 e. The molecular formula is C15H23NO. The van der Waals surface area contributed by atoms with Crippen molar-refractivity contribution < 1.29 is 4.79 Å². The van der Waals surface area contributed by atoms with Crippen molar-refractivity contribution in [3.8, 4) is 11.8 Å². The van der Waals surface area contributed by atoms with E-state index in [2.05, 4.69) is 18.8 Å². The Morgan fingerprint density at radius 1 is 1.24 bits per heavy atom. The average Bonchev–Trinajstić information content (AvgIpc) is 2.38. The molecule has 1 amide bonds. The lowest BCUT2D eigenvalue weighted by Gasteiger charge is -2.25. The van der Waals surface area contributed by atoms with Gasteiger partial charge in [0.25, 0.3) is 0 Å². The quantitative estimate of drug-likeness (QED) is 0.415. The molecular weight excluding hydrogens is 210 g/mol. The van der Waals surface area contributed by atoms with Crippen molar-refractivity contribution in [2.45, 2.75) is 51.9 Å². The van der Waals surface area contributed by atoms with E-state index >= 15 is 0 Å². The molecule has 94 valence electrons. The van der Waals surface area contributed by atoms with Crippen LogP contribution in [-0.2, 0) is 4.79 Å². The van der Waals surface area contributed by atoms with Crippen LogP contribution in [0, 0.1) is 11.8 Å². The Balaban J connectivity index is 2.20. The molecule has 0 aromatic carbocycles. The van der Waals surface area contributed by atoms with Crippen molar-refractivity contribution in [3.05, 3.63) is 12.2 Å². The predicted octanol–water partition coefficient (Wildman–Crippen LogP) is 3.14. The molecule has 1 saturated heterocycles. The van der Waals surface area contributed by atoms with E-state index in [1.54, 1.807) is 12.2 Å². The molecule has 1 heterocycles. The third kappa shape index (κ3) is 6.16. The summed E-state index contributed by atoms with van der Waals surface area (Å²) in [4.78, 5) is 13.6. The van der Waals surface area contributed by atoms with Gasteiger partial charge in [0.15, 0.2) is 0 Å². The predicted molar refractivity (Wildman–Crippen MR) is 71.5 cm³/mol. The summed E-state index contributed by atoms with van der Waals surface area (Å²) in [5.41, 5.74) is 0. The number of carbonyl (C=O) groups is 1. The van der Waals surface area contributed by atoms with Gasteiger partial charge in [0.2, 0.25) is 5.91 Å². The molecule has 0 aliphatic carbocycles. The lowest BCUT2D eigenvalue weighted by molar-refractivity contribution is -0.126. The Morgan fingerprint density at radius 2 is 2.00 bits per heavy atom. The number of carbonyl (C=O) groups excluding carboxylic acids is 1. The topological polar surface area (TPSA) is 20.3 Å². The van der Waals surface area contributed by atoms with Gasteiger partial charge in [-0.15, -0.1) is 0 Å². The van der Waals surface area contributed by atoms with E-state index in [0.29, 0.717) is 0 Å². The number of likely N-dealkylation sites (tertiary alicyclic amines) is 1. The van der Waals surface area contributed by atoms with E-state index in [1.807, 2.05) is 4.90 Å². The van der Waals surface area contributed by atoms with Crippen LogP contribution in [0.25, 0.3) is 0 Å². The van der Waals surface area contributed by atoms with Crippen molar-refractivity contribution in [2.24, 2.45) is 0 Å².